The summed E-state index contributed by atoms with van der Waals surface area (Å²) < 4.78 is 89.1. The molecule has 0 radical (unpaired) electrons. The highest BCUT2D eigenvalue weighted by molar-refractivity contribution is 6.58. The predicted molar refractivity (Wildman–Crippen MR) is 122 cm³/mol. The fraction of sp³-hybridized carbons (Fsp3) is 0.500. The summed E-state index contributed by atoms with van der Waals surface area (Å²) in [6.45, 7) is 1.24. The molecule has 12 heteroatoms. The molecule has 1 fully saturated rings. The molecule has 5 nitrogen and oxygen atoms in total. The summed E-state index contributed by atoms with van der Waals surface area (Å²) in [6, 6.07) is 3.95. The minimum absolute atomic E-state index is 0.0749. The van der Waals surface area contributed by atoms with Gasteiger partial charge in [-0.05, 0) is 36.4 Å². The molecule has 196 valence electrons. The second-order valence-electron chi connectivity index (χ2n) is 9.42. The Morgan fingerprint density at radius 1 is 1.08 bits per heavy atom. The lowest BCUT2D eigenvalue weighted by Crippen LogP contribution is -2.53. The van der Waals surface area contributed by atoms with E-state index in [4.69, 9.17) is 4.74 Å². The van der Waals surface area contributed by atoms with Crippen LogP contribution in [-0.4, -0.2) is 78.1 Å². The van der Waals surface area contributed by atoms with Crippen molar-refractivity contribution in [1.29, 1.82) is 0 Å². The molecular formula is C24H27BF6N2O3. The normalized spacial score (nSPS) is 21.2. The van der Waals surface area contributed by atoms with Crippen LogP contribution >= 0.6 is 0 Å². The van der Waals surface area contributed by atoms with Gasteiger partial charge >= 0.3 is 13.3 Å². The van der Waals surface area contributed by atoms with Crippen LogP contribution in [0.5, 0.6) is 5.75 Å². The van der Waals surface area contributed by atoms with Gasteiger partial charge in [0.15, 0.2) is 0 Å². The Kier molecular flexibility index (Phi) is 7.89. The van der Waals surface area contributed by atoms with E-state index in [1.807, 2.05) is 4.90 Å². The third-order valence-electron chi connectivity index (χ3n) is 6.70. The first kappa shape index (κ1) is 26.8. The van der Waals surface area contributed by atoms with Crippen LogP contribution in [0.4, 0.5) is 26.3 Å². The van der Waals surface area contributed by atoms with Crippen LogP contribution in [0.15, 0.2) is 30.3 Å². The van der Waals surface area contributed by atoms with Crippen LogP contribution in [0.2, 0.25) is 0 Å². The van der Waals surface area contributed by atoms with E-state index >= 15 is 8.78 Å². The molecule has 4 rings (SSSR count). The third-order valence-corrected chi connectivity index (χ3v) is 6.70. The highest BCUT2D eigenvalue weighted by Gasteiger charge is 2.43. The quantitative estimate of drug-likeness (QED) is 0.418. The number of hydrogen-bond donors (Lipinski definition) is 2. The van der Waals surface area contributed by atoms with Crippen molar-refractivity contribution >= 4 is 12.6 Å². The Labute approximate surface area is 205 Å². The molecule has 36 heavy (non-hydrogen) atoms. The van der Waals surface area contributed by atoms with E-state index in [-0.39, 0.29) is 29.3 Å². The van der Waals surface area contributed by atoms with Gasteiger partial charge in [-0.15, -0.1) is 0 Å². The largest absolute Gasteiger partial charge is 0.488 e. The van der Waals surface area contributed by atoms with Crippen LogP contribution in [0.1, 0.15) is 36.1 Å². The van der Waals surface area contributed by atoms with Gasteiger partial charge in [-0.1, -0.05) is 18.2 Å². The molecule has 0 aromatic heterocycles. The zero-order valence-corrected chi connectivity index (χ0v) is 19.6. The smallest absolute Gasteiger partial charge is 0.488 e. The van der Waals surface area contributed by atoms with Crippen molar-refractivity contribution in [2.24, 2.45) is 0 Å². The Morgan fingerprint density at radius 2 is 1.75 bits per heavy atom. The van der Waals surface area contributed by atoms with E-state index in [0.717, 1.165) is 17.0 Å². The van der Waals surface area contributed by atoms with Gasteiger partial charge < -0.3 is 14.8 Å². The van der Waals surface area contributed by atoms with Gasteiger partial charge in [-0.3, -0.25) is 14.2 Å². The molecule has 2 aromatic rings. The Bertz CT molecular complexity index is 1060. The number of hydrogen-bond acceptors (Lipinski definition) is 5. The Hall–Kier alpha value is -2.28. The van der Waals surface area contributed by atoms with Crippen LogP contribution in [0.25, 0.3) is 0 Å². The fourth-order valence-corrected chi connectivity index (χ4v) is 5.02. The number of alkyl halides is 4. The molecule has 2 aromatic carbocycles. The molecular weight excluding hydrogens is 489 g/mol. The Morgan fingerprint density at radius 3 is 2.33 bits per heavy atom. The average Bonchev–Trinajstić information content (AvgIpc) is 2.75. The summed E-state index contributed by atoms with van der Waals surface area (Å²) in [5, 5.41) is 19.0. The van der Waals surface area contributed by atoms with E-state index in [0.29, 0.717) is 31.6 Å². The Balaban J connectivity index is 1.66. The molecule has 2 aliphatic heterocycles. The molecule has 2 atom stereocenters. The monoisotopic (exact) mass is 516 g/mol. The highest BCUT2D eigenvalue weighted by Crippen LogP contribution is 2.42. The zero-order valence-electron chi connectivity index (χ0n) is 19.6. The van der Waals surface area contributed by atoms with Gasteiger partial charge in [0.25, 0.3) is 0 Å². The average molecular weight is 516 g/mol. The summed E-state index contributed by atoms with van der Waals surface area (Å²) in [4.78, 5) is 2.95. The van der Waals surface area contributed by atoms with Crippen LogP contribution < -0.4 is 10.2 Å². The summed E-state index contributed by atoms with van der Waals surface area (Å²) in [5.41, 5.74) is 0.346. The van der Waals surface area contributed by atoms with E-state index in [2.05, 4.69) is 0 Å². The number of rotatable bonds is 8. The summed E-state index contributed by atoms with van der Waals surface area (Å²) >= 11 is 0. The van der Waals surface area contributed by atoms with E-state index in [9.17, 15) is 27.6 Å². The lowest BCUT2D eigenvalue weighted by molar-refractivity contribution is -0.155. The second-order valence-corrected chi connectivity index (χ2v) is 9.42. The summed E-state index contributed by atoms with van der Waals surface area (Å²) in [5.74, 6) is -2.15. The molecule has 2 aliphatic rings. The van der Waals surface area contributed by atoms with E-state index in [1.165, 1.54) is 25.1 Å². The number of ether oxygens (including phenoxy) is 1. The minimum Gasteiger partial charge on any atom is -0.488 e. The van der Waals surface area contributed by atoms with E-state index < -0.39 is 55.8 Å². The van der Waals surface area contributed by atoms with Gasteiger partial charge in [-0.2, -0.15) is 13.2 Å². The van der Waals surface area contributed by atoms with E-state index in [1.54, 1.807) is 0 Å². The number of nitrogens with zero attached hydrogens (tertiary/aromatic N) is 2. The molecule has 2 N–H and O–H groups in total. The molecule has 2 unspecified atom stereocenters. The molecule has 1 saturated heterocycles. The van der Waals surface area contributed by atoms with Crippen LogP contribution in [0, 0.1) is 11.6 Å². The van der Waals surface area contributed by atoms with Gasteiger partial charge in [-0.25, -0.2) is 8.78 Å². The lowest BCUT2D eigenvalue weighted by atomic mass is 9.75. The zero-order chi connectivity index (χ0) is 26.2. The van der Waals surface area contributed by atoms with Crippen molar-refractivity contribution in [2.45, 2.75) is 44.1 Å². The predicted octanol–water partition coefficient (Wildman–Crippen LogP) is 2.97. The van der Waals surface area contributed by atoms with Gasteiger partial charge in [0.1, 0.15) is 23.5 Å². The van der Waals surface area contributed by atoms with Gasteiger partial charge in [0, 0.05) is 43.4 Å². The maximum absolute atomic E-state index is 15.4. The number of likely N-dealkylation sites (tertiary alicyclic amines) is 1. The SMILES string of the molecule is CC1Cc2cc(B(O)O)ccc2C(c2c(F)cc(OC3CN(CCCF)C3)cc2F)N1CC(F)(F)F. The van der Waals surface area contributed by atoms with Crippen molar-refractivity contribution in [3.05, 3.63) is 58.7 Å². The summed E-state index contributed by atoms with van der Waals surface area (Å²) in [6.07, 6.45) is -4.42. The molecule has 0 spiro atoms. The van der Waals surface area contributed by atoms with Crippen LogP contribution in [0.3, 0.4) is 0 Å². The van der Waals surface area contributed by atoms with Crippen molar-refractivity contribution in [3.8, 4) is 5.75 Å². The fourth-order valence-electron chi connectivity index (χ4n) is 5.02. The standard InChI is InChI=1S/C24H27BF6N2O3/c1-14-7-15-8-16(25(34)35)3-4-19(15)23(33(14)13-24(29,30)31)22-20(27)9-17(10-21(22)28)36-18-11-32(12-18)6-2-5-26/h3-4,8-10,14,18,23,34-35H,2,5-7,11-13H2,1H3. The third kappa shape index (κ3) is 5.82. The number of fused-ring (bicyclic) bond motifs is 1. The summed E-state index contributed by atoms with van der Waals surface area (Å²) in [7, 11) is -1.79. The highest BCUT2D eigenvalue weighted by atomic mass is 19.4. The van der Waals surface area contributed by atoms with Crippen molar-refractivity contribution in [1.82, 2.24) is 9.80 Å². The lowest BCUT2D eigenvalue weighted by Gasteiger charge is -2.43. The van der Waals surface area contributed by atoms with Crippen molar-refractivity contribution in [3.63, 3.8) is 0 Å². The van der Waals surface area contributed by atoms with Crippen LogP contribution in [-0.2, 0) is 6.42 Å². The van der Waals surface area contributed by atoms with Crippen molar-refractivity contribution in [2.75, 3.05) is 32.9 Å². The molecule has 0 amide bonds. The second kappa shape index (κ2) is 10.6. The number of halogens is 6. The van der Waals surface area contributed by atoms with Crippen molar-refractivity contribution < 1.29 is 41.1 Å². The maximum Gasteiger partial charge on any atom is 0.488 e. The van der Waals surface area contributed by atoms with Gasteiger partial charge in [0.05, 0.1) is 19.3 Å². The molecule has 2 heterocycles. The topological polar surface area (TPSA) is 56.2 Å². The first-order valence-electron chi connectivity index (χ1n) is 11.7. The maximum atomic E-state index is 15.4. The minimum atomic E-state index is -4.61. The molecule has 0 bridgehead atoms. The first-order chi connectivity index (χ1) is 17.0. The molecule has 0 aliphatic carbocycles. The van der Waals surface area contributed by atoms with Gasteiger partial charge in [0.2, 0.25) is 0 Å². The molecule has 0 saturated carbocycles. The number of benzene rings is 2. The first-order valence-corrected chi connectivity index (χ1v) is 11.7.